The average Bonchev–Trinajstić information content (AvgIpc) is 2.12. The van der Waals surface area contributed by atoms with E-state index in [0.717, 1.165) is 5.69 Å². The van der Waals surface area contributed by atoms with Crippen LogP contribution in [-0.4, -0.2) is 18.0 Å². The van der Waals surface area contributed by atoms with E-state index in [1.54, 1.807) is 0 Å². The molecule has 1 rings (SSSR count). The van der Waals surface area contributed by atoms with Crippen molar-refractivity contribution in [3.63, 3.8) is 0 Å². The minimum Gasteiger partial charge on any atom is -0.376 e. The van der Waals surface area contributed by atoms with Crippen molar-refractivity contribution in [3.8, 4) is 0 Å². The van der Waals surface area contributed by atoms with Crippen LogP contribution >= 0.6 is 0 Å². The summed E-state index contributed by atoms with van der Waals surface area (Å²) >= 11 is 0. The van der Waals surface area contributed by atoms with Gasteiger partial charge in [0.15, 0.2) is 0 Å². The number of amides is 1. The first-order chi connectivity index (χ1) is 8.19. The zero-order chi connectivity index (χ0) is 13.9. The average molecular weight is 248 g/mol. The lowest BCUT2D eigenvalue weighted by molar-refractivity contribution is -0.120. The summed E-state index contributed by atoms with van der Waals surface area (Å²) in [6, 6.07) is 4.24. The molecule has 100 valence electrons. The number of anilines is 1. The molecule has 0 aliphatic rings. The smallest absolute Gasteiger partial charge is 0.239 e. The Kier molecular flexibility index (Phi) is 4.38. The molecule has 0 atom stereocenters. The predicted octanol–water partition coefficient (Wildman–Crippen LogP) is 2.94. The number of carbonyl (C=O) groups is 1. The Bertz CT molecular complexity index is 421. The molecule has 1 aromatic rings. The van der Waals surface area contributed by atoms with Gasteiger partial charge >= 0.3 is 0 Å². The number of rotatable bonds is 3. The summed E-state index contributed by atoms with van der Waals surface area (Å²) < 4.78 is 0. The standard InChI is InChI=1S/C15H24N2O/c1-10-7-11(2)14(12(3)8-10)16-9-13(18)17-15(4,5)6/h7-8,16H,9H2,1-6H3,(H,17,18). The van der Waals surface area contributed by atoms with Gasteiger partial charge in [-0.05, 0) is 52.7 Å². The third-order valence-electron chi connectivity index (χ3n) is 2.62. The van der Waals surface area contributed by atoms with Crippen molar-refractivity contribution in [2.24, 2.45) is 0 Å². The van der Waals surface area contributed by atoms with E-state index >= 15 is 0 Å². The maximum atomic E-state index is 11.7. The van der Waals surface area contributed by atoms with Crippen LogP contribution in [0.4, 0.5) is 5.69 Å². The summed E-state index contributed by atoms with van der Waals surface area (Å²) in [4.78, 5) is 11.7. The fourth-order valence-corrected chi connectivity index (χ4v) is 2.09. The van der Waals surface area contributed by atoms with Gasteiger partial charge in [-0.15, -0.1) is 0 Å². The molecule has 18 heavy (non-hydrogen) atoms. The van der Waals surface area contributed by atoms with Crippen LogP contribution < -0.4 is 10.6 Å². The second-order valence-corrected chi connectivity index (χ2v) is 5.93. The molecular weight excluding hydrogens is 224 g/mol. The summed E-state index contributed by atoms with van der Waals surface area (Å²) in [5.74, 6) is 0.0156. The Labute approximate surface area is 110 Å². The molecule has 1 aromatic carbocycles. The van der Waals surface area contributed by atoms with Gasteiger partial charge in [0.05, 0.1) is 6.54 Å². The molecule has 3 heteroatoms. The van der Waals surface area contributed by atoms with Gasteiger partial charge in [-0.1, -0.05) is 17.7 Å². The molecular formula is C15H24N2O. The normalized spacial score (nSPS) is 11.2. The zero-order valence-electron chi connectivity index (χ0n) is 12.3. The maximum absolute atomic E-state index is 11.7. The summed E-state index contributed by atoms with van der Waals surface area (Å²) in [7, 11) is 0. The minimum absolute atomic E-state index is 0.0156. The lowest BCUT2D eigenvalue weighted by Crippen LogP contribution is -2.43. The third-order valence-corrected chi connectivity index (χ3v) is 2.62. The number of hydrogen-bond acceptors (Lipinski definition) is 2. The molecule has 0 heterocycles. The lowest BCUT2D eigenvalue weighted by Gasteiger charge is -2.21. The van der Waals surface area contributed by atoms with Gasteiger partial charge in [0.2, 0.25) is 5.91 Å². The van der Waals surface area contributed by atoms with Crippen molar-refractivity contribution in [3.05, 3.63) is 28.8 Å². The second-order valence-electron chi connectivity index (χ2n) is 5.93. The van der Waals surface area contributed by atoms with Crippen molar-refractivity contribution < 1.29 is 4.79 Å². The molecule has 0 aliphatic heterocycles. The first kappa shape index (κ1) is 14.6. The first-order valence-corrected chi connectivity index (χ1v) is 6.32. The highest BCUT2D eigenvalue weighted by molar-refractivity contribution is 5.81. The highest BCUT2D eigenvalue weighted by atomic mass is 16.2. The molecule has 0 spiro atoms. The van der Waals surface area contributed by atoms with Crippen LogP contribution in [0.3, 0.4) is 0 Å². The van der Waals surface area contributed by atoms with Gasteiger partial charge in [0.25, 0.3) is 0 Å². The van der Waals surface area contributed by atoms with Gasteiger partial charge < -0.3 is 10.6 Å². The highest BCUT2D eigenvalue weighted by Gasteiger charge is 2.13. The number of hydrogen-bond donors (Lipinski definition) is 2. The van der Waals surface area contributed by atoms with Crippen molar-refractivity contribution in [2.45, 2.75) is 47.1 Å². The molecule has 1 amide bonds. The zero-order valence-corrected chi connectivity index (χ0v) is 12.3. The van der Waals surface area contributed by atoms with E-state index in [-0.39, 0.29) is 11.4 Å². The number of benzene rings is 1. The van der Waals surface area contributed by atoms with E-state index < -0.39 is 0 Å². The van der Waals surface area contributed by atoms with Gasteiger partial charge in [-0.25, -0.2) is 0 Å². The Balaban J connectivity index is 2.67. The summed E-state index contributed by atoms with van der Waals surface area (Å²) in [6.07, 6.45) is 0. The highest BCUT2D eigenvalue weighted by Crippen LogP contribution is 2.21. The molecule has 0 radical (unpaired) electrons. The topological polar surface area (TPSA) is 41.1 Å². The van der Waals surface area contributed by atoms with E-state index in [2.05, 4.69) is 43.5 Å². The van der Waals surface area contributed by atoms with Gasteiger partial charge in [0, 0.05) is 11.2 Å². The molecule has 0 fully saturated rings. The van der Waals surface area contributed by atoms with E-state index in [1.165, 1.54) is 16.7 Å². The van der Waals surface area contributed by atoms with Crippen molar-refractivity contribution >= 4 is 11.6 Å². The summed E-state index contributed by atoms with van der Waals surface area (Å²) in [5, 5.41) is 6.16. The number of nitrogens with one attached hydrogen (secondary N) is 2. The van der Waals surface area contributed by atoms with E-state index in [9.17, 15) is 4.79 Å². The van der Waals surface area contributed by atoms with Crippen LogP contribution in [-0.2, 0) is 4.79 Å². The number of carbonyl (C=O) groups excluding carboxylic acids is 1. The molecule has 0 saturated heterocycles. The molecule has 0 aliphatic carbocycles. The van der Waals surface area contributed by atoms with Crippen LogP contribution in [0.15, 0.2) is 12.1 Å². The van der Waals surface area contributed by atoms with Crippen LogP contribution in [0, 0.1) is 20.8 Å². The molecule has 0 aromatic heterocycles. The largest absolute Gasteiger partial charge is 0.376 e. The summed E-state index contributed by atoms with van der Waals surface area (Å²) in [5.41, 5.74) is 4.47. The van der Waals surface area contributed by atoms with Crippen LogP contribution in [0.25, 0.3) is 0 Å². The Morgan fingerprint density at radius 2 is 1.61 bits per heavy atom. The van der Waals surface area contributed by atoms with E-state index in [1.807, 2.05) is 20.8 Å². The van der Waals surface area contributed by atoms with E-state index in [0.29, 0.717) is 6.54 Å². The predicted molar refractivity (Wildman–Crippen MR) is 77.0 cm³/mol. The molecule has 0 saturated carbocycles. The van der Waals surface area contributed by atoms with Gasteiger partial charge in [-0.3, -0.25) is 4.79 Å². The van der Waals surface area contributed by atoms with Gasteiger partial charge in [0.1, 0.15) is 0 Å². The minimum atomic E-state index is -0.184. The first-order valence-electron chi connectivity index (χ1n) is 6.32. The van der Waals surface area contributed by atoms with Crippen molar-refractivity contribution in [1.29, 1.82) is 0 Å². The quantitative estimate of drug-likeness (QED) is 0.863. The molecule has 3 nitrogen and oxygen atoms in total. The van der Waals surface area contributed by atoms with E-state index in [4.69, 9.17) is 0 Å². The SMILES string of the molecule is Cc1cc(C)c(NCC(=O)NC(C)(C)C)c(C)c1. The Morgan fingerprint density at radius 3 is 2.06 bits per heavy atom. The Hall–Kier alpha value is -1.51. The maximum Gasteiger partial charge on any atom is 0.239 e. The Morgan fingerprint density at radius 1 is 1.11 bits per heavy atom. The lowest BCUT2D eigenvalue weighted by atomic mass is 10.1. The van der Waals surface area contributed by atoms with Crippen LogP contribution in [0.2, 0.25) is 0 Å². The second kappa shape index (κ2) is 5.42. The van der Waals surface area contributed by atoms with Crippen molar-refractivity contribution in [2.75, 3.05) is 11.9 Å². The molecule has 0 unspecified atom stereocenters. The monoisotopic (exact) mass is 248 g/mol. The van der Waals surface area contributed by atoms with Crippen LogP contribution in [0.5, 0.6) is 0 Å². The molecule has 0 bridgehead atoms. The van der Waals surface area contributed by atoms with Crippen molar-refractivity contribution in [1.82, 2.24) is 5.32 Å². The summed E-state index contributed by atoms with van der Waals surface area (Å²) in [6.45, 7) is 12.4. The third kappa shape index (κ3) is 4.40. The fourth-order valence-electron chi connectivity index (χ4n) is 2.09. The number of aryl methyl sites for hydroxylation is 3. The van der Waals surface area contributed by atoms with Crippen LogP contribution in [0.1, 0.15) is 37.5 Å². The van der Waals surface area contributed by atoms with Gasteiger partial charge in [-0.2, -0.15) is 0 Å². The fraction of sp³-hybridized carbons (Fsp3) is 0.533. The molecule has 2 N–H and O–H groups in total.